The summed E-state index contributed by atoms with van der Waals surface area (Å²) in [5.74, 6) is 1.16. The molecule has 0 atom stereocenters. The summed E-state index contributed by atoms with van der Waals surface area (Å²) in [5, 5.41) is 4.45. The first-order valence-corrected chi connectivity index (χ1v) is 7.26. The van der Waals surface area contributed by atoms with Gasteiger partial charge in [-0.3, -0.25) is 0 Å². The highest BCUT2D eigenvalue weighted by atomic mass is 16.5. The monoisotopic (exact) mass is 306 g/mol. The number of anilines is 1. The molecule has 0 saturated heterocycles. The molecule has 0 bridgehead atoms. The number of hydrogen-bond acceptors (Lipinski definition) is 4. The topological polar surface area (TPSA) is 65.4 Å². The second kappa shape index (κ2) is 6.36. The van der Waals surface area contributed by atoms with E-state index in [1.165, 1.54) is 5.56 Å². The number of ether oxygens (including phenoxy) is 1. The van der Waals surface area contributed by atoms with Gasteiger partial charge in [-0.1, -0.05) is 29.8 Å². The van der Waals surface area contributed by atoms with Crippen LogP contribution in [0.25, 0.3) is 11.3 Å². The minimum absolute atomic E-state index is 0.352. The molecule has 0 saturated carbocycles. The average molecular weight is 306 g/mol. The fourth-order valence-corrected chi connectivity index (χ4v) is 2.22. The predicted molar refractivity (Wildman–Crippen MR) is 92.8 cm³/mol. The molecule has 0 unspecified atom stereocenters. The number of aryl methyl sites for hydroxylation is 1. The molecule has 0 spiro atoms. The van der Waals surface area contributed by atoms with E-state index >= 15 is 0 Å². The Morgan fingerprint density at radius 2 is 1.78 bits per heavy atom. The third-order valence-corrected chi connectivity index (χ3v) is 3.55. The van der Waals surface area contributed by atoms with E-state index in [0.717, 1.165) is 22.6 Å². The Bertz CT molecular complexity index is 817. The van der Waals surface area contributed by atoms with E-state index in [1.807, 2.05) is 36.4 Å². The molecule has 0 aliphatic heterocycles. The van der Waals surface area contributed by atoms with Crippen molar-refractivity contribution < 1.29 is 4.74 Å². The molecular weight excluding hydrogens is 288 g/mol. The number of nitrogens with zero attached hydrogens (tertiary/aromatic N) is 3. The zero-order chi connectivity index (χ0) is 16.2. The van der Waals surface area contributed by atoms with Crippen molar-refractivity contribution in [2.75, 3.05) is 12.8 Å². The van der Waals surface area contributed by atoms with Crippen molar-refractivity contribution in [1.82, 2.24) is 9.66 Å². The number of imidazole rings is 1. The lowest BCUT2D eigenvalue weighted by Gasteiger charge is -2.05. The lowest BCUT2D eigenvalue weighted by Crippen LogP contribution is -2.00. The van der Waals surface area contributed by atoms with E-state index in [9.17, 15) is 0 Å². The maximum Gasteiger partial charge on any atom is 0.221 e. The van der Waals surface area contributed by atoms with Gasteiger partial charge < -0.3 is 10.5 Å². The summed E-state index contributed by atoms with van der Waals surface area (Å²) in [6.45, 7) is 2.05. The van der Waals surface area contributed by atoms with Gasteiger partial charge in [0, 0.05) is 5.56 Å². The second-order valence-electron chi connectivity index (χ2n) is 5.20. The maximum absolute atomic E-state index is 5.94. The first-order valence-electron chi connectivity index (χ1n) is 7.26. The SMILES string of the molecule is COc1ccc(C=Nn2c(-c3ccc(C)cc3)cnc2N)cc1. The lowest BCUT2D eigenvalue weighted by atomic mass is 10.1. The molecule has 5 nitrogen and oxygen atoms in total. The van der Waals surface area contributed by atoms with E-state index in [1.54, 1.807) is 24.2 Å². The van der Waals surface area contributed by atoms with Crippen molar-refractivity contribution >= 4 is 12.2 Å². The third kappa shape index (κ3) is 3.23. The smallest absolute Gasteiger partial charge is 0.221 e. The summed E-state index contributed by atoms with van der Waals surface area (Å²) in [7, 11) is 1.64. The molecule has 0 amide bonds. The van der Waals surface area contributed by atoms with Crippen LogP contribution in [0.2, 0.25) is 0 Å². The first-order chi connectivity index (χ1) is 11.2. The molecule has 2 N–H and O–H groups in total. The molecule has 2 aromatic carbocycles. The van der Waals surface area contributed by atoms with E-state index in [4.69, 9.17) is 10.5 Å². The number of nitrogen functional groups attached to an aromatic ring is 1. The van der Waals surface area contributed by atoms with E-state index in [2.05, 4.69) is 29.1 Å². The van der Waals surface area contributed by atoms with Crippen LogP contribution in [0.15, 0.2) is 59.8 Å². The van der Waals surface area contributed by atoms with Crippen molar-refractivity contribution in [2.45, 2.75) is 6.92 Å². The van der Waals surface area contributed by atoms with Gasteiger partial charge in [-0.2, -0.15) is 9.78 Å². The zero-order valence-corrected chi connectivity index (χ0v) is 13.1. The number of aromatic nitrogens is 2. The van der Waals surface area contributed by atoms with Crippen LogP contribution in [0.1, 0.15) is 11.1 Å². The molecule has 0 aliphatic carbocycles. The largest absolute Gasteiger partial charge is 0.497 e. The van der Waals surface area contributed by atoms with Crippen molar-refractivity contribution in [2.24, 2.45) is 5.10 Å². The Labute approximate surface area is 135 Å². The van der Waals surface area contributed by atoms with E-state index < -0.39 is 0 Å². The number of methoxy groups -OCH3 is 1. The summed E-state index contributed by atoms with van der Waals surface area (Å²) >= 11 is 0. The van der Waals surface area contributed by atoms with E-state index in [-0.39, 0.29) is 0 Å². The number of benzene rings is 2. The van der Waals surface area contributed by atoms with Crippen LogP contribution >= 0.6 is 0 Å². The molecule has 0 fully saturated rings. The summed E-state index contributed by atoms with van der Waals surface area (Å²) in [4.78, 5) is 4.16. The summed E-state index contributed by atoms with van der Waals surface area (Å²) in [6, 6.07) is 15.8. The van der Waals surface area contributed by atoms with E-state index in [0.29, 0.717) is 5.95 Å². The molecule has 1 aromatic heterocycles. The standard InChI is InChI=1S/C18H18N4O/c1-13-3-7-15(8-4-13)17-12-20-18(19)22(17)21-11-14-5-9-16(23-2)10-6-14/h3-12H,1-2H3,(H2,19,20). The molecule has 0 radical (unpaired) electrons. The number of hydrogen-bond donors (Lipinski definition) is 1. The van der Waals surface area contributed by atoms with Gasteiger partial charge in [0.1, 0.15) is 5.75 Å². The van der Waals surface area contributed by atoms with Gasteiger partial charge in [0.15, 0.2) is 0 Å². The molecule has 23 heavy (non-hydrogen) atoms. The molecular formula is C18H18N4O. The first kappa shape index (κ1) is 14.8. The molecule has 3 aromatic rings. The van der Waals surface area contributed by atoms with Gasteiger partial charge in [-0.15, -0.1) is 0 Å². The van der Waals surface area contributed by atoms with Crippen molar-refractivity contribution in [3.05, 3.63) is 65.9 Å². The fraction of sp³-hybridized carbons (Fsp3) is 0.111. The van der Waals surface area contributed by atoms with Crippen LogP contribution in [0, 0.1) is 6.92 Å². The van der Waals surface area contributed by atoms with Gasteiger partial charge >= 0.3 is 0 Å². The van der Waals surface area contributed by atoms with Crippen molar-refractivity contribution in [3.8, 4) is 17.0 Å². The Balaban J connectivity index is 1.91. The van der Waals surface area contributed by atoms with Gasteiger partial charge in [0.25, 0.3) is 0 Å². The quantitative estimate of drug-likeness (QED) is 0.752. The van der Waals surface area contributed by atoms with Crippen LogP contribution in [0.3, 0.4) is 0 Å². The summed E-state index contributed by atoms with van der Waals surface area (Å²) < 4.78 is 6.78. The van der Waals surface area contributed by atoms with Crippen LogP contribution < -0.4 is 10.5 Å². The molecule has 0 aliphatic rings. The second-order valence-corrected chi connectivity index (χ2v) is 5.20. The van der Waals surface area contributed by atoms with Crippen LogP contribution in [-0.4, -0.2) is 23.0 Å². The highest BCUT2D eigenvalue weighted by molar-refractivity contribution is 5.80. The van der Waals surface area contributed by atoms with Crippen molar-refractivity contribution in [3.63, 3.8) is 0 Å². The Hall–Kier alpha value is -3.08. The normalized spacial score (nSPS) is 11.0. The minimum atomic E-state index is 0.352. The van der Waals surface area contributed by atoms with Gasteiger partial charge in [-0.05, 0) is 36.8 Å². The average Bonchev–Trinajstić information content (AvgIpc) is 2.95. The highest BCUT2D eigenvalue weighted by Crippen LogP contribution is 2.22. The maximum atomic E-state index is 5.94. The zero-order valence-electron chi connectivity index (χ0n) is 13.1. The summed E-state index contributed by atoms with van der Waals surface area (Å²) in [5.41, 5.74) is 9.97. The van der Waals surface area contributed by atoms with Crippen molar-refractivity contribution in [1.29, 1.82) is 0 Å². The number of rotatable bonds is 4. The molecule has 1 heterocycles. The summed E-state index contributed by atoms with van der Waals surface area (Å²) in [6.07, 6.45) is 3.47. The Kier molecular flexibility index (Phi) is 4.10. The van der Waals surface area contributed by atoms with Gasteiger partial charge in [0.2, 0.25) is 5.95 Å². The Morgan fingerprint density at radius 3 is 2.43 bits per heavy atom. The number of nitrogens with two attached hydrogens (primary N) is 1. The molecule has 3 rings (SSSR count). The molecule has 5 heteroatoms. The van der Waals surface area contributed by atoms with Gasteiger partial charge in [0.05, 0.1) is 25.2 Å². The molecule has 116 valence electrons. The van der Waals surface area contributed by atoms with Crippen LogP contribution in [0.5, 0.6) is 5.75 Å². The van der Waals surface area contributed by atoms with Crippen LogP contribution in [0.4, 0.5) is 5.95 Å². The van der Waals surface area contributed by atoms with Crippen LogP contribution in [-0.2, 0) is 0 Å². The van der Waals surface area contributed by atoms with Gasteiger partial charge in [-0.25, -0.2) is 4.98 Å². The highest BCUT2D eigenvalue weighted by Gasteiger charge is 2.08. The third-order valence-electron chi connectivity index (χ3n) is 3.55. The minimum Gasteiger partial charge on any atom is -0.497 e. The predicted octanol–water partition coefficient (Wildman–Crippen LogP) is 3.33. The Morgan fingerprint density at radius 1 is 1.09 bits per heavy atom. The lowest BCUT2D eigenvalue weighted by molar-refractivity contribution is 0.415. The fourth-order valence-electron chi connectivity index (χ4n) is 2.22.